The summed E-state index contributed by atoms with van der Waals surface area (Å²) in [5.74, 6) is -1.69. The monoisotopic (exact) mass is 426 g/mol. The zero-order valence-corrected chi connectivity index (χ0v) is 16.1. The number of nitrogens with one attached hydrogen (secondary N) is 1. The van der Waals surface area contributed by atoms with Crippen molar-refractivity contribution in [3.8, 4) is 33.6 Å². The molecule has 8 heteroatoms. The summed E-state index contributed by atoms with van der Waals surface area (Å²) < 4.78 is 43.7. The van der Waals surface area contributed by atoms with Crippen LogP contribution in [0.4, 0.5) is 13.2 Å². The quantitative estimate of drug-likeness (QED) is 0.390. The van der Waals surface area contributed by atoms with Crippen LogP contribution in [0.2, 0.25) is 0 Å². The number of H-pyrrole nitrogens is 1. The summed E-state index contributed by atoms with van der Waals surface area (Å²) in [5, 5.41) is 6.77. The first-order valence-electron chi connectivity index (χ1n) is 8.83. The molecule has 3 heterocycles. The number of halogens is 4. The molecule has 5 aromatic rings. The Bertz CT molecular complexity index is 1320. The van der Waals surface area contributed by atoms with Gasteiger partial charge in [0.2, 0.25) is 0 Å². The number of hydrogen-bond donors (Lipinski definition) is 1. The van der Waals surface area contributed by atoms with Crippen molar-refractivity contribution in [1.29, 1.82) is 0 Å². The second kappa shape index (κ2) is 7.68. The summed E-state index contributed by atoms with van der Waals surface area (Å²) in [6.45, 7) is 0. The molecule has 0 aliphatic rings. The number of hydrogen-bond acceptors (Lipinski definition) is 2. The minimum Gasteiger partial charge on any atom is -0.299 e. The van der Waals surface area contributed by atoms with Crippen molar-refractivity contribution in [3.05, 3.63) is 90.6 Å². The summed E-state index contributed by atoms with van der Waals surface area (Å²) >= 11 is 0. The minimum atomic E-state index is -0.686. The lowest BCUT2D eigenvalue weighted by molar-refractivity contribution is 0.588. The molecule has 3 aromatic heterocycles. The van der Waals surface area contributed by atoms with Crippen LogP contribution < -0.4 is 0 Å². The minimum absolute atomic E-state index is 0. The van der Waals surface area contributed by atoms with Crippen LogP contribution in [0.1, 0.15) is 0 Å². The number of nitrogens with zero attached hydrogens (tertiary/aromatic N) is 3. The lowest BCUT2D eigenvalue weighted by atomic mass is 10.0. The van der Waals surface area contributed by atoms with E-state index >= 15 is 0 Å². The first kappa shape index (κ1) is 19.7. The number of aromatic nitrogens is 4. The smallest absolute Gasteiger partial charge is 0.137 e. The van der Waals surface area contributed by atoms with E-state index < -0.39 is 11.6 Å². The van der Waals surface area contributed by atoms with Crippen molar-refractivity contribution in [2.75, 3.05) is 0 Å². The molecule has 0 amide bonds. The number of aromatic amines is 1. The van der Waals surface area contributed by atoms with Crippen LogP contribution in [-0.2, 0) is 0 Å². The molecule has 0 spiro atoms. The molecular weight excluding hydrogens is 413 g/mol. The fourth-order valence-corrected chi connectivity index (χ4v) is 3.40. The average Bonchev–Trinajstić information content (AvgIpc) is 3.35. The highest BCUT2D eigenvalue weighted by molar-refractivity contribution is 5.85. The van der Waals surface area contributed by atoms with Gasteiger partial charge in [-0.25, -0.2) is 18.2 Å². The number of imidazole rings is 1. The lowest BCUT2D eigenvalue weighted by Gasteiger charge is -2.08. The normalized spacial score (nSPS) is 10.9. The van der Waals surface area contributed by atoms with Crippen LogP contribution in [0.5, 0.6) is 0 Å². The van der Waals surface area contributed by atoms with E-state index in [4.69, 9.17) is 0 Å². The van der Waals surface area contributed by atoms with E-state index in [2.05, 4.69) is 15.2 Å². The largest absolute Gasteiger partial charge is 0.299 e. The van der Waals surface area contributed by atoms with Crippen LogP contribution in [-0.4, -0.2) is 19.6 Å². The van der Waals surface area contributed by atoms with Gasteiger partial charge in [-0.05, 0) is 48.5 Å². The molecule has 0 fully saturated rings. The molecular formula is C22H14ClF3N4. The number of rotatable bonds is 3. The zero-order chi connectivity index (χ0) is 20.0. The fourth-order valence-electron chi connectivity index (χ4n) is 3.40. The SMILES string of the molecule is Cl.Fc1ccc(-c2cnc3ccc(-c4c[nH]nc4-c4c(F)cccc4F)cn23)cc1. The highest BCUT2D eigenvalue weighted by Crippen LogP contribution is 2.34. The van der Waals surface area contributed by atoms with Crippen LogP contribution in [0.15, 0.2) is 73.2 Å². The molecule has 2 aromatic carbocycles. The summed E-state index contributed by atoms with van der Waals surface area (Å²) in [6, 6.07) is 13.4. The molecule has 0 saturated heterocycles. The van der Waals surface area contributed by atoms with Crippen molar-refractivity contribution >= 4 is 18.1 Å². The van der Waals surface area contributed by atoms with Crippen LogP contribution in [0.3, 0.4) is 0 Å². The van der Waals surface area contributed by atoms with Crippen LogP contribution in [0, 0.1) is 17.5 Å². The average molecular weight is 427 g/mol. The van der Waals surface area contributed by atoms with E-state index in [0.717, 1.165) is 11.3 Å². The standard InChI is InChI=1S/C22H13F3N4.ClH/c23-15-7-4-13(5-8-15)19-11-26-20-9-6-14(12-29(19)20)16-10-27-28-22(16)21-17(24)2-1-3-18(21)25;/h1-12H,(H,27,28);1H. The predicted octanol–water partition coefficient (Wildman–Crippen LogP) is 5.90. The Morgan fingerprint density at radius 2 is 1.53 bits per heavy atom. The van der Waals surface area contributed by atoms with E-state index in [1.807, 2.05) is 16.7 Å². The van der Waals surface area contributed by atoms with E-state index in [-0.39, 0.29) is 29.5 Å². The maximum Gasteiger partial charge on any atom is 0.137 e. The van der Waals surface area contributed by atoms with Gasteiger partial charge < -0.3 is 0 Å². The first-order valence-corrected chi connectivity index (χ1v) is 8.83. The van der Waals surface area contributed by atoms with Crippen molar-refractivity contribution in [1.82, 2.24) is 19.6 Å². The van der Waals surface area contributed by atoms with Crippen molar-refractivity contribution < 1.29 is 13.2 Å². The summed E-state index contributed by atoms with van der Waals surface area (Å²) in [4.78, 5) is 4.37. The molecule has 0 aliphatic carbocycles. The topological polar surface area (TPSA) is 46.0 Å². The third-order valence-electron chi connectivity index (χ3n) is 4.80. The van der Waals surface area contributed by atoms with Crippen LogP contribution >= 0.6 is 12.4 Å². The summed E-state index contributed by atoms with van der Waals surface area (Å²) in [7, 11) is 0. The highest BCUT2D eigenvalue weighted by atomic mass is 35.5. The van der Waals surface area contributed by atoms with E-state index in [0.29, 0.717) is 16.8 Å². The molecule has 0 radical (unpaired) electrons. The molecule has 0 aliphatic heterocycles. The van der Waals surface area contributed by atoms with Gasteiger partial charge >= 0.3 is 0 Å². The van der Waals surface area contributed by atoms with Crippen molar-refractivity contribution in [2.45, 2.75) is 0 Å². The first-order chi connectivity index (χ1) is 14.1. The Morgan fingerprint density at radius 3 is 2.27 bits per heavy atom. The fraction of sp³-hybridized carbons (Fsp3) is 0. The van der Waals surface area contributed by atoms with Gasteiger partial charge in [-0.15, -0.1) is 12.4 Å². The van der Waals surface area contributed by atoms with Crippen molar-refractivity contribution in [2.24, 2.45) is 0 Å². The zero-order valence-electron chi connectivity index (χ0n) is 15.3. The number of pyridine rings is 1. The highest BCUT2D eigenvalue weighted by Gasteiger charge is 2.19. The van der Waals surface area contributed by atoms with E-state index in [1.165, 1.54) is 30.3 Å². The summed E-state index contributed by atoms with van der Waals surface area (Å²) in [5.41, 5.74) is 3.50. The predicted molar refractivity (Wildman–Crippen MR) is 111 cm³/mol. The lowest BCUT2D eigenvalue weighted by Crippen LogP contribution is -1.94. The Balaban J connectivity index is 0.00000218. The van der Waals surface area contributed by atoms with Gasteiger partial charge in [0.05, 0.1) is 17.5 Å². The van der Waals surface area contributed by atoms with Gasteiger partial charge in [0.15, 0.2) is 0 Å². The maximum absolute atomic E-state index is 14.3. The number of benzene rings is 2. The molecule has 30 heavy (non-hydrogen) atoms. The Hall–Kier alpha value is -3.58. The second-order valence-electron chi connectivity index (χ2n) is 6.54. The Labute approximate surface area is 175 Å². The second-order valence-corrected chi connectivity index (χ2v) is 6.54. The Kier molecular flexibility index (Phi) is 5.05. The molecule has 4 nitrogen and oxygen atoms in total. The molecule has 1 N–H and O–H groups in total. The third kappa shape index (κ3) is 3.23. The van der Waals surface area contributed by atoms with Gasteiger partial charge in [0, 0.05) is 29.1 Å². The van der Waals surface area contributed by atoms with Gasteiger partial charge in [0.1, 0.15) is 28.8 Å². The molecule has 0 atom stereocenters. The molecule has 150 valence electrons. The van der Waals surface area contributed by atoms with Crippen LogP contribution in [0.25, 0.3) is 39.3 Å². The molecule has 5 rings (SSSR count). The Morgan fingerprint density at radius 1 is 0.833 bits per heavy atom. The van der Waals surface area contributed by atoms with Gasteiger partial charge in [-0.2, -0.15) is 5.10 Å². The van der Waals surface area contributed by atoms with Gasteiger partial charge in [-0.1, -0.05) is 6.07 Å². The maximum atomic E-state index is 14.3. The third-order valence-corrected chi connectivity index (χ3v) is 4.80. The van der Waals surface area contributed by atoms with Crippen molar-refractivity contribution in [3.63, 3.8) is 0 Å². The van der Waals surface area contributed by atoms with Gasteiger partial charge in [0.25, 0.3) is 0 Å². The molecule has 0 saturated carbocycles. The number of fused-ring (bicyclic) bond motifs is 1. The molecule has 0 bridgehead atoms. The summed E-state index contributed by atoms with van der Waals surface area (Å²) in [6.07, 6.45) is 5.10. The van der Waals surface area contributed by atoms with Gasteiger partial charge in [-0.3, -0.25) is 9.50 Å². The van der Waals surface area contributed by atoms with E-state index in [1.54, 1.807) is 30.6 Å². The van der Waals surface area contributed by atoms with E-state index in [9.17, 15) is 13.2 Å². The molecule has 0 unspecified atom stereocenters.